The van der Waals surface area contributed by atoms with Gasteiger partial charge in [-0.25, -0.2) is 0 Å². The topological polar surface area (TPSA) is 138 Å². The zero-order valence-electron chi connectivity index (χ0n) is 25.5. The first-order chi connectivity index (χ1) is 21.3. The number of halogens is 1. The number of amides is 3. The quantitative estimate of drug-likeness (QED) is 0.207. The van der Waals surface area contributed by atoms with Gasteiger partial charge in [0.05, 0.1) is 25.7 Å². The van der Waals surface area contributed by atoms with E-state index in [1.54, 1.807) is 16.7 Å². The van der Waals surface area contributed by atoms with Crippen LogP contribution in [0, 0.1) is 11.8 Å². The summed E-state index contributed by atoms with van der Waals surface area (Å²) in [6.07, 6.45) is 8.02. The highest BCUT2D eigenvalue weighted by molar-refractivity contribution is 9.11. The molecule has 0 aliphatic carbocycles. The van der Waals surface area contributed by atoms with Crippen molar-refractivity contribution in [2.75, 3.05) is 65.6 Å². The summed E-state index contributed by atoms with van der Waals surface area (Å²) in [7, 11) is 0. The molecule has 0 aromatic rings. The maximum Gasteiger partial charge on any atom is 0.313 e. The van der Waals surface area contributed by atoms with E-state index in [4.69, 9.17) is 14.2 Å². The highest BCUT2D eigenvalue weighted by Crippen LogP contribution is 2.58. The molecule has 0 unspecified atom stereocenters. The minimum absolute atomic E-state index is 0.112. The molecule has 12 nitrogen and oxygen atoms in total. The molecule has 0 saturated carbocycles. The Morgan fingerprint density at radius 3 is 2.57 bits per heavy atom. The Morgan fingerprint density at radius 2 is 1.80 bits per heavy atom. The van der Waals surface area contributed by atoms with Gasteiger partial charge in [0, 0.05) is 56.8 Å². The summed E-state index contributed by atoms with van der Waals surface area (Å²) in [6, 6.07) is -0.942. The Balaban J connectivity index is 1.48. The number of likely N-dealkylation sites (tertiary alicyclic amines) is 1. The smallest absolute Gasteiger partial charge is 0.313 e. The third kappa shape index (κ3) is 6.91. The van der Waals surface area contributed by atoms with E-state index in [2.05, 4.69) is 26.1 Å². The fourth-order valence-corrected chi connectivity index (χ4v) is 7.74. The molecular weight excluding hydrogens is 636 g/mol. The number of unbranched alkanes of at least 4 members (excludes halogenated alkanes) is 3. The molecule has 3 saturated heterocycles. The van der Waals surface area contributed by atoms with Gasteiger partial charge in [0.1, 0.15) is 29.8 Å². The molecule has 0 aromatic heterocycles. The van der Waals surface area contributed by atoms with E-state index in [1.165, 1.54) is 0 Å². The number of carbonyl (C=O) groups excluding carboxylic acids is 4. The lowest BCUT2D eigenvalue weighted by atomic mass is 9.74. The molecular formula is C31H45BrN4O8. The highest BCUT2D eigenvalue weighted by Gasteiger charge is 2.74. The summed E-state index contributed by atoms with van der Waals surface area (Å²) in [6.45, 7) is 6.58. The van der Waals surface area contributed by atoms with E-state index in [0.29, 0.717) is 63.1 Å². The Hall–Kier alpha value is -2.32. The number of rotatable bonds is 9. The van der Waals surface area contributed by atoms with Crippen molar-refractivity contribution >= 4 is 39.6 Å². The Labute approximate surface area is 267 Å². The Morgan fingerprint density at radius 1 is 1.02 bits per heavy atom. The maximum absolute atomic E-state index is 14.7. The van der Waals surface area contributed by atoms with Gasteiger partial charge >= 0.3 is 5.97 Å². The standard InChI is InChI=1S/C31H45BrN4O8/c1-21-20-33-23(38)9-5-4-6-10-35(13-12-34-14-17-42-18-15-34)29(40)27-31-19-22(32)26(44-31)24(30(41)43-21)25(31)28(39)36(27)11-7-2-3-8-16-37/h4,6,19,21,24-27,37H,2-3,5,7-18,20H2,1H3,(H,33,38)/b6-4-/t21-,24+,25-,26+,27+,31-/m0/s1. The number of allylic oxidation sites excluding steroid dienone is 1. The molecule has 13 heteroatoms. The fourth-order valence-electron chi connectivity index (χ4n) is 7.00. The van der Waals surface area contributed by atoms with Crippen molar-refractivity contribution in [3.05, 3.63) is 22.7 Å². The van der Waals surface area contributed by atoms with Crippen molar-refractivity contribution in [3.8, 4) is 0 Å². The van der Waals surface area contributed by atoms with E-state index in [0.717, 1.165) is 25.9 Å². The van der Waals surface area contributed by atoms with Gasteiger partial charge in [-0.3, -0.25) is 24.1 Å². The number of carbonyl (C=O) groups is 4. The van der Waals surface area contributed by atoms with Crippen LogP contribution in [0.25, 0.3) is 0 Å². The molecule has 5 heterocycles. The van der Waals surface area contributed by atoms with Gasteiger partial charge < -0.3 is 34.4 Å². The van der Waals surface area contributed by atoms with Crippen LogP contribution in [0.15, 0.2) is 22.7 Å². The lowest BCUT2D eigenvalue weighted by molar-refractivity contribution is -0.158. The second-order valence-electron chi connectivity index (χ2n) is 12.3. The molecule has 1 spiro atoms. The minimum atomic E-state index is -1.31. The summed E-state index contributed by atoms with van der Waals surface area (Å²) in [5.41, 5.74) is -1.31. The number of cyclic esters (lactones) is 1. The minimum Gasteiger partial charge on any atom is -0.460 e. The van der Waals surface area contributed by atoms with E-state index in [-0.39, 0.29) is 37.3 Å². The maximum atomic E-state index is 14.7. The average Bonchev–Trinajstić information content (AvgIpc) is 3.60. The van der Waals surface area contributed by atoms with Crippen LogP contribution >= 0.6 is 15.9 Å². The largest absolute Gasteiger partial charge is 0.460 e. The third-order valence-corrected chi connectivity index (χ3v) is 9.96. The third-order valence-electron chi connectivity index (χ3n) is 9.28. The number of hydrogen-bond donors (Lipinski definition) is 2. The second-order valence-corrected chi connectivity index (χ2v) is 13.2. The van der Waals surface area contributed by atoms with Gasteiger partial charge in [-0.05, 0) is 32.3 Å². The van der Waals surface area contributed by atoms with Crippen molar-refractivity contribution < 1.29 is 38.5 Å². The van der Waals surface area contributed by atoms with E-state index < -0.39 is 41.7 Å². The molecule has 3 fully saturated rings. The molecule has 5 rings (SSSR count). The van der Waals surface area contributed by atoms with Crippen molar-refractivity contribution in [2.45, 2.75) is 69.3 Å². The normalized spacial score (nSPS) is 34.2. The summed E-state index contributed by atoms with van der Waals surface area (Å²) >= 11 is 3.58. The number of nitrogens with one attached hydrogen (secondary N) is 1. The van der Waals surface area contributed by atoms with Crippen LogP contribution in [0.1, 0.15) is 45.4 Å². The Kier molecular flexibility index (Phi) is 11.2. The van der Waals surface area contributed by atoms with Gasteiger partial charge in [0.15, 0.2) is 0 Å². The van der Waals surface area contributed by atoms with Crippen LogP contribution in [0.3, 0.4) is 0 Å². The highest BCUT2D eigenvalue weighted by atomic mass is 79.9. The van der Waals surface area contributed by atoms with Crippen molar-refractivity contribution in [2.24, 2.45) is 11.8 Å². The predicted octanol–water partition coefficient (Wildman–Crippen LogP) is 0.971. The zero-order chi connectivity index (χ0) is 31.3. The van der Waals surface area contributed by atoms with Crippen molar-refractivity contribution in [1.82, 2.24) is 20.0 Å². The number of morpholine rings is 1. The zero-order valence-corrected chi connectivity index (χ0v) is 27.0. The van der Waals surface area contributed by atoms with Gasteiger partial charge in [0.2, 0.25) is 17.7 Å². The number of hydrogen-bond acceptors (Lipinski definition) is 9. The molecule has 3 amide bonds. The van der Waals surface area contributed by atoms with Crippen LogP contribution in [-0.2, 0) is 33.4 Å². The number of esters is 1. The van der Waals surface area contributed by atoms with Crippen LogP contribution in [0.4, 0.5) is 0 Å². The lowest BCUT2D eigenvalue weighted by Crippen LogP contribution is -2.57. The van der Waals surface area contributed by atoms with Crippen molar-refractivity contribution in [3.63, 3.8) is 0 Å². The number of ether oxygens (including phenoxy) is 3. The molecule has 5 aliphatic rings. The van der Waals surface area contributed by atoms with Crippen LogP contribution in [-0.4, -0.2) is 133 Å². The van der Waals surface area contributed by atoms with E-state index >= 15 is 0 Å². The average molecular weight is 682 g/mol. The number of aliphatic hydroxyl groups excluding tert-OH is 1. The molecule has 0 aromatic carbocycles. The number of fused-ring (bicyclic) bond motifs is 2. The summed E-state index contributed by atoms with van der Waals surface area (Å²) in [5, 5.41) is 12.0. The molecule has 2 N–H and O–H groups in total. The summed E-state index contributed by atoms with van der Waals surface area (Å²) < 4.78 is 18.4. The molecule has 6 atom stereocenters. The molecule has 44 heavy (non-hydrogen) atoms. The molecule has 244 valence electrons. The summed E-state index contributed by atoms with van der Waals surface area (Å²) in [5.74, 6) is -3.06. The first kappa shape index (κ1) is 33.1. The second kappa shape index (κ2) is 14.8. The van der Waals surface area contributed by atoms with E-state index in [9.17, 15) is 24.3 Å². The Bertz CT molecular complexity index is 1140. The first-order valence-electron chi connectivity index (χ1n) is 16.0. The van der Waals surface area contributed by atoms with Gasteiger partial charge in [-0.1, -0.05) is 40.9 Å². The predicted molar refractivity (Wildman–Crippen MR) is 163 cm³/mol. The molecule has 5 bridgehead atoms. The monoisotopic (exact) mass is 680 g/mol. The van der Waals surface area contributed by atoms with Gasteiger partial charge in [0.25, 0.3) is 0 Å². The first-order valence-corrected chi connectivity index (χ1v) is 16.7. The lowest BCUT2D eigenvalue weighted by Gasteiger charge is -2.37. The van der Waals surface area contributed by atoms with Crippen LogP contribution < -0.4 is 5.32 Å². The molecule has 5 aliphatic heterocycles. The van der Waals surface area contributed by atoms with Crippen LogP contribution in [0.2, 0.25) is 0 Å². The molecule has 0 radical (unpaired) electrons. The SMILES string of the molecule is C[C@H]1CNC(=O)CC/C=C\CN(CCN2CCOCC2)C(=O)[C@H]2N(CCCCCCO)C(=O)[C@@H]3[C@@H](C(=O)O1)[C@@H]1O[C@@]32C=C1Br. The van der Waals surface area contributed by atoms with E-state index in [1.807, 2.05) is 18.2 Å². The number of aliphatic hydroxyl groups is 1. The van der Waals surface area contributed by atoms with Gasteiger partial charge in [-0.15, -0.1) is 0 Å². The number of nitrogens with zero attached hydrogens (tertiary/aromatic N) is 3. The summed E-state index contributed by atoms with van der Waals surface area (Å²) in [4.78, 5) is 60.7. The van der Waals surface area contributed by atoms with Crippen molar-refractivity contribution in [1.29, 1.82) is 0 Å². The fraction of sp³-hybridized carbons (Fsp3) is 0.742. The van der Waals surface area contributed by atoms with Crippen LogP contribution in [0.5, 0.6) is 0 Å². The van der Waals surface area contributed by atoms with Gasteiger partial charge in [-0.2, -0.15) is 0 Å².